The molecule has 1 amide bonds. The van der Waals surface area contributed by atoms with Gasteiger partial charge in [-0.2, -0.15) is 0 Å². The number of nitrogens with two attached hydrogens (primary N) is 1. The molecule has 0 atom stereocenters. The molecule has 0 spiro atoms. The molecule has 1 fully saturated rings. The number of amides is 1. The van der Waals surface area contributed by atoms with Crippen molar-refractivity contribution in [3.05, 3.63) is 42.0 Å². The topological polar surface area (TPSA) is 55.1 Å². The number of hydrogen-bond donors (Lipinski definition) is 2. The molecule has 3 heteroatoms. The number of rotatable bonds is 2. The van der Waals surface area contributed by atoms with E-state index >= 15 is 0 Å². The van der Waals surface area contributed by atoms with Gasteiger partial charge < -0.3 is 11.1 Å². The highest BCUT2D eigenvalue weighted by Crippen LogP contribution is 2.32. The summed E-state index contributed by atoms with van der Waals surface area (Å²) >= 11 is 0. The van der Waals surface area contributed by atoms with E-state index in [-0.39, 0.29) is 11.4 Å². The fraction of sp³-hybridized carbons (Fsp3) is 0.312. The van der Waals surface area contributed by atoms with Gasteiger partial charge >= 0.3 is 0 Å². The molecule has 3 N–H and O–H groups in total. The van der Waals surface area contributed by atoms with Crippen LogP contribution in [0.25, 0.3) is 10.8 Å². The van der Waals surface area contributed by atoms with Crippen molar-refractivity contribution in [3.8, 4) is 0 Å². The number of fused-ring (bicyclic) bond motifs is 1. The summed E-state index contributed by atoms with van der Waals surface area (Å²) in [6, 6.07) is 11.7. The third kappa shape index (κ3) is 2.16. The first-order valence-corrected chi connectivity index (χ1v) is 6.68. The van der Waals surface area contributed by atoms with E-state index < -0.39 is 0 Å². The summed E-state index contributed by atoms with van der Waals surface area (Å²) in [4.78, 5) is 12.3. The van der Waals surface area contributed by atoms with Gasteiger partial charge in [0.1, 0.15) is 0 Å². The van der Waals surface area contributed by atoms with Gasteiger partial charge in [-0.15, -0.1) is 0 Å². The highest BCUT2D eigenvalue weighted by molar-refractivity contribution is 6.04. The molecule has 19 heavy (non-hydrogen) atoms. The van der Waals surface area contributed by atoms with Gasteiger partial charge in [-0.05, 0) is 49.1 Å². The molecule has 0 heterocycles. The molecule has 1 aliphatic rings. The van der Waals surface area contributed by atoms with E-state index in [1.807, 2.05) is 36.4 Å². The first-order valence-electron chi connectivity index (χ1n) is 6.68. The maximum absolute atomic E-state index is 12.3. The smallest absolute Gasteiger partial charge is 0.253 e. The van der Waals surface area contributed by atoms with Gasteiger partial charge in [0.05, 0.1) is 5.56 Å². The Bertz CT molecular complexity index is 644. The quantitative estimate of drug-likeness (QED) is 0.809. The van der Waals surface area contributed by atoms with Gasteiger partial charge in [0.2, 0.25) is 0 Å². The third-order valence-electron chi connectivity index (χ3n) is 4.03. The minimum absolute atomic E-state index is 0.0465. The molecule has 98 valence electrons. The molecule has 0 radical (unpaired) electrons. The van der Waals surface area contributed by atoms with E-state index in [1.54, 1.807) is 0 Å². The van der Waals surface area contributed by atoms with Crippen LogP contribution in [-0.2, 0) is 0 Å². The Kier molecular flexibility index (Phi) is 2.70. The van der Waals surface area contributed by atoms with Crippen molar-refractivity contribution in [2.75, 3.05) is 5.73 Å². The van der Waals surface area contributed by atoms with Crippen LogP contribution in [0.2, 0.25) is 0 Å². The number of hydrogen-bond acceptors (Lipinski definition) is 2. The van der Waals surface area contributed by atoms with Crippen LogP contribution in [-0.4, -0.2) is 11.4 Å². The van der Waals surface area contributed by atoms with Gasteiger partial charge in [0.25, 0.3) is 5.91 Å². The Balaban J connectivity index is 1.95. The molecule has 3 rings (SSSR count). The number of carbonyl (C=O) groups is 1. The fourth-order valence-corrected chi connectivity index (χ4v) is 2.63. The summed E-state index contributed by atoms with van der Waals surface area (Å²) in [5.74, 6) is -0.0644. The standard InChI is InChI=1S/C16H18N2O/c1-16(7-4-8-16)18-15(19)13-9-11-5-2-3-6-12(11)10-14(13)17/h2-3,5-6,9-10H,4,7-8,17H2,1H3,(H,18,19). The van der Waals surface area contributed by atoms with E-state index in [4.69, 9.17) is 5.73 Å². The fourth-order valence-electron chi connectivity index (χ4n) is 2.63. The Labute approximate surface area is 112 Å². The molecule has 1 saturated carbocycles. The van der Waals surface area contributed by atoms with E-state index in [9.17, 15) is 4.79 Å². The van der Waals surface area contributed by atoms with Gasteiger partial charge in [-0.1, -0.05) is 24.3 Å². The SMILES string of the molecule is CC1(NC(=O)c2cc3ccccc3cc2N)CCC1. The van der Waals surface area contributed by atoms with Crippen LogP contribution in [0.4, 0.5) is 5.69 Å². The van der Waals surface area contributed by atoms with E-state index in [0.717, 1.165) is 23.6 Å². The normalized spacial score (nSPS) is 16.9. The van der Waals surface area contributed by atoms with Crippen LogP contribution in [0.3, 0.4) is 0 Å². The predicted molar refractivity (Wildman–Crippen MR) is 78.1 cm³/mol. The average Bonchev–Trinajstić information content (AvgIpc) is 2.36. The zero-order valence-corrected chi connectivity index (χ0v) is 11.1. The van der Waals surface area contributed by atoms with Crippen LogP contribution in [0.15, 0.2) is 36.4 Å². The lowest BCUT2D eigenvalue weighted by atomic mass is 9.78. The molecule has 2 aromatic carbocycles. The van der Waals surface area contributed by atoms with Crippen molar-refractivity contribution in [1.82, 2.24) is 5.32 Å². The molecule has 3 nitrogen and oxygen atoms in total. The second-order valence-electron chi connectivity index (χ2n) is 5.65. The molecule has 2 aromatic rings. The van der Waals surface area contributed by atoms with Crippen molar-refractivity contribution < 1.29 is 4.79 Å². The molecule has 0 aliphatic heterocycles. The van der Waals surface area contributed by atoms with Crippen LogP contribution in [0.1, 0.15) is 36.5 Å². The largest absolute Gasteiger partial charge is 0.398 e. The number of nitrogens with one attached hydrogen (secondary N) is 1. The minimum atomic E-state index is -0.0644. The zero-order chi connectivity index (χ0) is 13.5. The summed E-state index contributed by atoms with van der Waals surface area (Å²) in [5, 5.41) is 5.20. The lowest BCUT2D eigenvalue weighted by Crippen LogP contribution is -2.51. The Morgan fingerprint density at radius 3 is 2.42 bits per heavy atom. The summed E-state index contributed by atoms with van der Waals surface area (Å²) < 4.78 is 0. The van der Waals surface area contributed by atoms with E-state index in [0.29, 0.717) is 11.3 Å². The van der Waals surface area contributed by atoms with Crippen molar-refractivity contribution in [1.29, 1.82) is 0 Å². The van der Waals surface area contributed by atoms with Gasteiger partial charge in [0, 0.05) is 11.2 Å². The second-order valence-corrected chi connectivity index (χ2v) is 5.65. The first-order chi connectivity index (χ1) is 9.07. The van der Waals surface area contributed by atoms with Crippen molar-refractivity contribution in [2.24, 2.45) is 0 Å². The average molecular weight is 254 g/mol. The highest BCUT2D eigenvalue weighted by atomic mass is 16.1. The molecule has 0 unspecified atom stereocenters. The Morgan fingerprint density at radius 1 is 1.21 bits per heavy atom. The number of anilines is 1. The molecule has 0 aromatic heterocycles. The molecule has 0 bridgehead atoms. The summed E-state index contributed by atoms with van der Waals surface area (Å²) in [5.41, 5.74) is 7.08. The van der Waals surface area contributed by atoms with Crippen LogP contribution < -0.4 is 11.1 Å². The first kappa shape index (κ1) is 12.0. The Hall–Kier alpha value is -2.03. The zero-order valence-electron chi connectivity index (χ0n) is 11.1. The van der Waals surface area contributed by atoms with Crippen LogP contribution in [0.5, 0.6) is 0 Å². The Morgan fingerprint density at radius 2 is 1.84 bits per heavy atom. The van der Waals surface area contributed by atoms with E-state index in [2.05, 4.69) is 12.2 Å². The van der Waals surface area contributed by atoms with Crippen molar-refractivity contribution >= 4 is 22.4 Å². The summed E-state index contributed by atoms with van der Waals surface area (Å²) in [7, 11) is 0. The maximum Gasteiger partial charge on any atom is 0.253 e. The van der Waals surface area contributed by atoms with Crippen LogP contribution >= 0.6 is 0 Å². The lowest BCUT2D eigenvalue weighted by Gasteiger charge is -2.39. The molecule has 0 saturated heterocycles. The summed E-state index contributed by atoms with van der Waals surface area (Å²) in [6.45, 7) is 2.09. The van der Waals surface area contributed by atoms with Crippen LogP contribution in [0, 0.1) is 0 Å². The number of benzene rings is 2. The molecular weight excluding hydrogens is 236 g/mol. The number of carbonyl (C=O) groups excluding carboxylic acids is 1. The predicted octanol–water partition coefficient (Wildman–Crippen LogP) is 3.09. The lowest BCUT2D eigenvalue weighted by molar-refractivity contribution is 0.0851. The van der Waals surface area contributed by atoms with Crippen molar-refractivity contribution in [3.63, 3.8) is 0 Å². The minimum Gasteiger partial charge on any atom is -0.398 e. The van der Waals surface area contributed by atoms with Gasteiger partial charge in [-0.25, -0.2) is 0 Å². The third-order valence-corrected chi connectivity index (χ3v) is 4.03. The maximum atomic E-state index is 12.3. The number of nitrogen functional groups attached to an aromatic ring is 1. The van der Waals surface area contributed by atoms with Gasteiger partial charge in [-0.3, -0.25) is 4.79 Å². The molecule has 1 aliphatic carbocycles. The highest BCUT2D eigenvalue weighted by Gasteiger charge is 2.33. The monoisotopic (exact) mass is 254 g/mol. The summed E-state index contributed by atoms with van der Waals surface area (Å²) in [6.07, 6.45) is 3.28. The van der Waals surface area contributed by atoms with E-state index in [1.165, 1.54) is 6.42 Å². The second kappa shape index (κ2) is 4.26. The van der Waals surface area contributed by atoms with Gasteiger partial charge in [0.15, 0.2) is 0 Å². The van der Waals surface area contributed by atoms with Crippen molar-refractivity contribution in [2.45, 2.75) is 31.7 Å². The molecular formula is C16H18N2O.